The first kappa shape index (κ1) is 18.8. The third-order valence-electron chi connectivity index (χ3n) is 5.48. The highest BCUT2D eigenvalue weighted by atomic mass is 16.5. The van der Waals surface area contributed by atoms with Crippen molar-refractivity contribution in [3.63, 3.8) is 0 Å². The van der Waals surface area contributed by atoms with Gasteiger partial charge in [0.25, 0.3) is 0 Å². The number of hydrogen-bond donors (Lipinski definition) is 1. The maximum absolute atomic E-state index is 12.5. The van der Waals surface area contributed by atoms with Crippen LogP contribution in [0.2, 0.25) is 0 Å². The quantitative estimate of drug-likeness (QED) is 0.861. The molecule has 2 aromatic rings. The first-order valence-electron chi connectivity index (χ1n) is 10.1. The minimum absolute atomic E-state index is 0.0711. The molecule has 0 aliphatic carbocycles. The third kappa shape index (κ3) is 4.47. The first-order chi connectivity index (χ1) is 13.7. The lowest BCUT2D eigenvalue weighted by Crippen LogP contribution is -2.36. The van der Waals surface area contributed by atoms with Crippen LogP contribution in [0.5, 0.6) is 11.5 Å². The highest BCUT2D eigenvalue weighted by Gasteiger charge is 2.28. The summed E-state index contributed by atoms with van der Waals surface area (Å²) >= 11 is 0. The zero-order valence-electron chi connectivity index (χ0n) is 16.4. The normalized spacial score (nSPS) is 19.2. The lowest BCUT2D eigenvalue weighted by atomic mass is 10.0. The van der Waals surface area contributed by atoms with Crippen molar-refractivity contribution in [3.8, 4) is 11.5 Å². The van der Waals surface area contributed by atoms with Crippen molar-refractivity contribution in [2.24, 2.45) is 0 Å². The van der Waals surface area contributed by atoms with Crippen LogP contribution in [0, 0.1) is 6.92 Å². The van der Waals surface area contributed by atoms with E-state index in [2.05, 4.69) is 53.5 Å². The van der Waals surface area contributed by atoms with Gasteiger partial charge in [0.2, 0.25) is 5.91 Å². The maximum atomic E-state index is 12.5. The molecule has 4 rings (SSSR count). The van der Waals surface area contributed by atoms with Gasteiger partial charge in [0.05, 0.1) is 19.8 Å². The van der Waals surface area contributed by atoms with Gasteiger partial charge in [-0.3, -0.25) is 9.69 Å². The van der Waals surface area contributed by atoms with Crippen LogP contribution < -0.4 is 14.8 Å². The largest absolute Gasteiger partial charge is 0.490 e. The molecule has 2 aliphatic rings. The van der Waals surface area contributed by atoms with Crippen LogP contribution in [0.1, 0.15) is 42.0 Å². The summed E-state index contributed by atoms with van der Waals surface area (Å²) < 4.78 is 11.6. The van der Waals surface area contributed by atoms with E-state index >= 15 is 0 Å². The molecule has 0 radical (unpaired) electrons. The number of likely N-dealkylation sites (tertiary alicyclic amines) is 1. The number of ether oxygens (including phenoxy) is 2. The number of nitrogens with zero attached hydrogens (tertiary/aromatic N) is 1. The standard InChI is InChI=1S/C23H28N2O3/c1-17-5-7-18(8-6-17)15-24-23(26)16-25-11-2-4-20(25)19-9-10-21-22(14-19)28-13-3-12-27-21/h5-10,14,20H,2-4,11-13,15-16H2,1H3,(H,24,26). The minimum Gasteiger partial charge on any atom is -0.490 e. The molecule has 2 aliphatic heterocycles. The van der Waals surface area contributed by atoms with Crippen LogP contribution in [-0.4, -0.2) is 37.1 Å². The van der Waals surface area contributed by atoms with Crippen molar-refractivity contribution in [2.45, 2.75) is 38.8 Å². The molecule has 1 unspecified atom stereocenters. The van der Waals surface area contributed by atoms with Crippen molar-refractivity contribution in [1.29, 1.82) is 0 Å². The summed E-state index contributed by atoms with van der Waals surface area (Å²) in [4.78, 5) is 14.8. The SMILES string of the molecule is Cc1ccc(CNC(=O)CN2CCCC2c2ccc3c(c2)OCCCO3)cc1. The highest BCUT2D eigenvalue weighted by Crippen LogP contribution is 2.37. The van der Waals surface area contributed by atoms with Gasteiger partial charge in [-0.05, 0) is 49.6 Å². The van der Waals surface area contributed by atoms with E-state index in [9.17, 15) is 4.79 Å². The van der Waals surface area contributed by atoms with E-state index < -0.39 is 0 Å². The van der Waals surface area contributed by atoms with E-state index in [1.54, 1.807) is 0 Å². The molecule has 0 saturated carbocycles. The molecule has 5 nitrogen and oxygen atoms in total. The van der Waals surface area contributed by atoms with Gasteiger partial charge in [0.15, 0.2) is 11.5 Å². The summed E-state index contributed by atoms with van der Waals surface area (Å²) in [5, 5.41) is 3.05. The number of carbonyl (C=O) groups excluding carboxylic acids is 1. The van der Waals surface area contributed by atoms with Crippen molar-refractivity contribution in [2.75, 3.05) is 26.3 Å². The second-order valence-corrected chi connectivity index (χ2v) is 7.65. The van der Waals surface area contributed by atoms with Crippen LogP contribution in [0.25, 0.3) is 0 Å². The lowest BCUT2D eigenvalue weighted by Gasteiger charge is -2.25. The maximum Gasteiger partial charge on any atom is 0.234 e. The summed E-state index contributed by atoms with van der Waals surface area (Å²) in [6, 6.07) is 14.7. The molecule has 28 heavy (non-hydrogen) atoms. The van der Waals surface area contributed by atoms with E-state index in [1.807, 2.05) is 6.07 Å². The van der Waals surface area contributed by atoms with Crippen LogP contribution >= 0.6 is 0 Å². The monoisotopic (exact) mass is 380 g/mol. The molecular formula is C23H28N2O3. The molecule has 1 fully saturated rings. The van der Waals surface area contributed by atoms with E-state index in [-0.39, 0.29) is 11.9 Å². The van der Waals surface area contributed by atoms with Crippen molar-refractivity contribution in [1.82, 2.24) is 10.2 Å². The molecule has 5 heteroatoms. The third-order valence-corrected chi connectivity index (χ3v) is 5.48. The molecule has 0 spiro atoms. The highest BCUT2D eigenvalue weighted by molar-refractivity contribution is 5.78. The Balaban J connectivity index is 1.37. The second kappa shape index (κ2) is 8.65. The Morgan fingerprint density at radius 3 is 2.68 bits per heavy atom. The average Bonchev–Trinajstić information content (AvgIpc) is 3.03. The van der Waals surface area contributed by atoms with E-state index in [4.69, 9.17) is 9.47 Å². The number of carbonyl (C=O) groups is 1. The summed E-state index contributed by atoms with van der Waals surface area (Å²) in [6.07, 6.45) is 3.07. The Labute approximate surface area is 166 Å². The van der Waals surface area contributed by atoms with E-state index in [0.717, 1.165) is 42.9 Å². The molecule has 1 atom stereocenters. The Hall–Kier alpha value is -2.53. The molecule has 2 heterocycles. The molecule has 2 aromatic carbocycles. The van der Waals surface area contributed by atoms with Gasteiger partial charge >= 0.3 is 0 Å². The van der Waals surface area contributed by atoms with E-state index in [1.165, 1.54) is 11.1 Å². The van der Waals surface area contributed by atoms with Crippen LogP contribution in [0.4, 0.5) is 0 Å². The fourth-order valence-electron chi connectivity index (χ4n) is 3.93. The smallest absolute Gasteiger partial charge is 0.234 e. The summed E-state index contributed by atoms with van der Waals surface area (Å²) in [5.41, 5.74) is 3.55. The Bertz CT molecular complexity index is 819. The lowest BCUT2D eigenvalue weighted by molar-refractivity contribution is -0.122. The van der Waals surface area contributed by atoms with E-state index in [0.29, 0.717) is 26.3 Å². The molecule has 0 aromatic heterocycles. The Morgan fingerprint density at radius 2 is 1.86 bits per heavy atom. The number of nitrogens with one attached hydrogen (secondary N) is 1. The van der Waals surface area contributed by atoms with Crippen molar-refractivity contribution >= 4 is 5.91 Å². The molecule has 148 valence electrons. The molecule has 0 bridgehead atoms. The number of hydrogen-bond acceptors (Lipinski definition) is 4. The van der Waals surface area contributed by atoms with Crippen molar-refractivity contribution in [3.05, 3.63) is 59.2 Å². The van der Waals surface area contributed by atoms with Gasteiger partial charge in [-0.15, -0.1) is 0 Å². The van der Waals surface area contributed by atoms with Crippen LogP contribution in [-0.2, 0) is 11.3 Å². The minimum atomic E-state index is 0.0711. The van der Waals surface area contributed by atoms with Crippen molar-refractivity contribution < 1.29 is 14.3 Å². The average molecular weight is 380 g/mol. The van der Waals surface area contributed by atoms with Gasteiger partial charge in [-0.25, -0.2) is 0 Å². The number of fused-ring (bicyclic) bond motifs is 1. The fourth-order valence-corrected chi connectivity index (χ4v) is 3.93. The number of aryl methyl sites for hydroxylation is 1. The van der Waals surface area contributed by atoms with Gasteiger partial charge < -0.3 is 14.8 Å². The van der Waals surface area contributed by atoms with Gasteiger partial charge in [0, 0.05) is 19.0 Å². The second-order valence-electron chi connectivity index (χ2n) is 7.65. The van der Waals surface area contributed by atoms with Crippen LogP contribution in [0.15, 0.2) is 42.5 Å². The summed E-state index contributed by atoms with van der Waals surface area (Å²) in [5.74, 6) is 1.72. The first-order valence-corrected chi connectivity index (χ1v) is 10.1. The zero-order chi connectivity index (χ0) is 19.3. The topological polar surface area (TPSA) is 50.8 Å². The number of benzene rings is 2. The predicted octanol–water partition coefficient (Wildman–Crippen LogP) is 3.61. The number of rotatable bonds is 5. The van der Waals surface area contributed by atoms with Gasteiger partial charge in [-0.2, -0.15) is 0 Å². The Morgan fingerprint density at radius 1 is 1.07 bits per heavy atom. The van der Waals surface area contributed by atoms with Gasteiger partial charge in [-0.1, -0.05) is 35.9 Å². The molecule has 1 saturated heterocycles. The van der Waals surface area contributed by atoms with Crippen LogP contribution in [0.3, 0.4) is 0 Å². The zero-order valence-corrected chi connectivity index (χ0v) is 16.4. The van der Waals surface area contributed by atoms with Gasteiger partial charge in [0.1, 0.15) is 0 Å². The Kier molecular flexibility index (Phi) is 5.81. The molecule has 1 N–H and O–H groups in total. The molecule has 1 amide bonds. The predicted molar refractivity (Wildman–Crippen MR) is 109 cm³/mol. The summed E-state index contributed by atoms with van der Waals surface area (Å²) in [6.45, 7) is 5.38. The fraction of sp³-hybridized carbons (Fsp3) is 0.435. The number of amides is 1. The summed E-state index contributed by atoms with van der Waals surface area (Å²) in [7, 11) is 0. The molecular weight excluding hydrogens is 352 g/mol.